The predicted octanol–water partition coefficient (Wildman–Crippen LogP) is 2.76. The Balaban J connectivity index is 5.15. The maximum Gasteiger partial charge on any atom is 0.243 e. The zero-order valence-corrected chi connectivity index (χ0v) is 24.8. The number of rotatable bonds is 17. The first-order chi connectivity index (χ1) is 17.0. The second-order valence-electron chi connectivity index (χ2n) is 12.0. The molecule has 0 aliphatic rings. The smallest absolute Gasteiger partial charge is 0.243 e. The maximum absolute atomic E-state index is 13.1. The van der Waals surface area contributed by atoms with Crippen LogP contribution in [0.15, 0.2) is 0 Å². The maximum atomic E-state index is 13.1. The highest BCUT2D eigenvalue weighted by Crippen LogP contribution is 2.17. The third kappa shape index (κ3) is 15.0. The minimum atomic E-state index is -0.971. The van der Waals surface area contributed by atoms with E-state index in [1.54, 1.807) is 13.8 Å². The molecule has 5 N–H and O–H groups in total. The summed E-state index contributed by atoms with van der Waals surface area (Å²) in [6, 6.07) is -1.99. The molecule has 3 unspecified atom stereocenters. The van der Waals surface area contributed by atoms with Gasteiger partial charge in [0.1, 0.15) is 12.1 Å². The van der Waals surface area contributed by atoms with Crippen LogP contribution in [-0.2, 0) is 19.2 Å². The van der Waals surface area contributed by atoms with E-state index in [1.165, 1.54) is 0 Å². The fourth-order valence-electron chi connectivity index (χ4n) is 3.92. The molecule has 4 amide bonds. The van der Waals surface area contributed by atoms with Gasteiger partial charge in [-0.3, -0.25) is 19.2 Å². The Hall–Kier alpha value is -2.16. The van der Waals surface area contributed by atoms with Crippen LogP contribution in [0.5, 0.6) is 0 Å². The van der Waals surface area contributed by atoms with Gasteiger partial charge in [-0.05, 0) is 49.9 Å². The van der Waals surface area contributed by atoms with E-state index in [2.05, 4.69) is 35.1 Å². The molecule has 0 aromatic carbocycles. The second-order valence-corrected chi connectivity index (χ2v) is 12.0. The van der Waals surface area contributed by atoms with Crippen molar-refractivity contribution in [1.29, 1.82) is 0 Å². The highest BCUT2D eigenvalue weighted by atomic mass is 16.3. The van der Waals surface area contributed by atoms with E-state index in [1.807, 2.05) is 41.5 Å². The normalized spacial score (nSPS) is 15.8. The number of carbonyl (C=O) groups excluding carboxylic acids is 4. The molecule has 37 heavy (non-hydrogen) atoms. The Morgan fingerprint density at radius 1 is 0.676 bits per heavy atom. The van der Waals surface area contributed by atoms with Crippen LogP contribution in [0.25, 0.3) is 0 Å². The topological polar surface area (TPSA) is 137 Å². The van der Waals surface area contributed by atoms with Crippen LogP contribution in [-0.4, -0.2) is 59.5 Å². The van der Waals surface area contributed by atoms with Gasteiger partial charge in [0.05, 0.1) is 12.1 Å². The van der Waals surface area contributed by atoms with Gasteiger partial charge in [0.25, 0.3) is 0 Å². The van der Waals surface area contributed by atoms with Crippen molar-refractivity contribution in [1.82, 2.24) is 21.3 Å². The van der Waals surface area contributed by atoms with Gasteiger partial charge < -0.3 is 26.4 Å². The fourth-order valence-corrected chi connectivity index (χ4v) is 3.92. The summed E-state index contributed by atoms with van der Waals surface area (Å²) in [6.07, 6.45) is 0.853. The molecule has 216 valence electrons. The van der Waals surface area contributed by atoms with Crippen LogP contribution >= 0.6 is 0 Å². The lowest BCUT2D eigenvalue weighted by Gasteiger charge is -2.30. The van der Waals surface area contributed by atoms with Gasteiger partial charge in [0.15, 0.2) is 0 Å². The van der Waals surface area contributed by atoms with Crippen molar-refractivity contribution in [3.05, 3.63) is 0 Å². The fraction of sp³-hybridized carbons (Fsp3) is 0.857. The number of aliphatic hydroxyl groups is 1. The highest BCUT2D eigenvalue weighted by molar-refractivity contribution is 5.88. The summed E-state index contributed by atoms with van der Waals surface area (Å²) in [5.41, 5.74) is 0. The molecule has 9 heteroatoms. The average Bonchev–Trinajstić information content (AvgIpc) is 2.75. The van der Waals surface area contributed by atoms with Gasteiger partial charge in [-0.25, -0.2) is 0 Å². The summed E-state index contributed by atoms with van der Waals surface area (Å²) in [4.78, 5) is 50.4. The highest BCUT2D eigenvalue weighted by Gasteiger charge is 2.31. The van der Waals surface area contributed by atoms with Gasteiger partial charge >= 0.3 is 0 Å². The van der Waals surface area contributed by atoms with Gasteiger partial charge in [-0.15, -0.1) is 0 Å². The molecule has 0 spiro atoms. The second kappa shape index (κ2) is 17.4. The molecule has 0 saturated carbocycles. The van der Waals surface area contributed by atoms with E-state index in [-0.39, 0.29) is 47.8 Å². The first kappa shape index (κ1) is 34.8. The van der Waals surface area contributed by atoms with Crippen LogP contribution in [0, 0.1) is 29.6 Å². The van der Waals surface area contributed by atoms with Crippen LogP contribution < -0.4 is 21.3 Å². The third-order valence-corrected chi connectivity index (χ3v) is 6.19. The van der Waals surface area contributed by atoms with Crippen molar-refractivity contribution in [2.24, 2.45) is 29.6 Å². The average molecular weight is 527 g/mol. The minimum absolute atomic E-state index is 0.122. The van der Waals surface area contributed by atoms with Crippen molar-refractivity contribution < 1.29 is 24.3 Å². The Morgan fingerprint density at radius 2 is 1.27 bits per heavy atom. The molecule has 0 saturated heterocycles. The molecule has 0 radical (unpaired) electrons. The van der Waals surface area contributed by atoms with Gasteiger partial charge in [0, 0.05) is 18.9 Å². The number of aliphatic hydroxyl groups excluding tert-OH is 1. The monoisotopic (exact) mass is 526 g/mol. The van der Waals surface area contributed by atoms with Crippen molar-refractivity contribution >= 4 is 23.6 Å². The van der Waals surface area contributed by atoms with Gasteiger partial charge in [-0.1, -0.05) is 62.3 Å². The molecule has 5 atom stereocenters. The first-order valence-corrected chi connectivity index (χ1v) is 13.9. The number of amides is 4. The third-order valence-electron chi connectivity index (χ3n) is 6.19. The molecular formula is C28H54N4O5. The van der Waals surface area contributed by atoms with Crippen LogP contribution in [0.2, 0.25) is 0 Å². The van der Waals surface area contributed by atoms with E-state index in [9.17, 15) is 24.3 Å². The van der Waals surface area contributed by atoms with Crippen molar-refractivity contribution in [3.8, 4) is 0 Å². The molecule has 0 heterocycles. The van der Waals surface area contributed by atoms with Crippen molar-refractivity contribution in [3.63, 3.8) is 0 Å². The zero-order valence-electron chi connectivity index (χ0n) is 24.8. The summed E-state index contributed by atoms with van der Waals surface area (Å²) < 4.78 is 0. The molecule has 9 nitrogen and oxygen atoms in total. The SMILES string of the molecule is CC(C)CCNC(=O)C(C)NC(=O)C(C)C[C@H](O)[C@H](CC(C)C)NC(=O)C(NC(=O)CC(C)C)C(C)C. The molecule has 0 rings (SSSR count). The molecule has 0 aliphatic carbocycles. The Morgan fingerprint density at radius 3 is 1.76 bits per heavy atom. The molecule has 0 aliphatic heterocycles. The standard InChI is InChI=1S/C28H54N4O5/c1-16(2)11-12-29-27(36)21(10)30-26(35)20(9)15-23(33)22(13-17(3)4)31-28(37)25(19(7)8)32-24(34)14-18(5)6/h16-23,25,33H,11-15H2,1-10H3,(H,29,36)(H,30,35)(H,31,37)(H,32,34)/t20?,21?,22-,23-,25?/m0/s1. The molecule has 0 fully saturated rings. The number of hydrogen-bond acceptors (Lipinski definition) is 5. The summed E-state index contributed by atoms with van der Waals surface area (Å²) in [5.74, 6) is -0.979. The minimum Gasteiger partial charge on any atom is -0.391 e. The lowest BCUT2D eigenvalue weighted by Crippen LogP contribution is -2.55. The zero-order chi connectivity index (χ0) is 28.9. The van der Waals surface area contributed by atoms with E-state index in [0.717, 1.165) is 6.42 Å². The summed E-state index contributed by atoms with van der Waals surface area (Å²) in [5, 5.41) is 22.3. The number of hydrogen-bond donors (Lipinski definition) is 5. The Labute approximate surface area is 224 Å². The quantitative estimate of drug-likeness (QED) is 0.199. The van der Waals surface area contributed by atoms with E-state index in [4.69, 9.17) is 0 Å². The summed E-state index contributed by atoms with van der Waals surface area (Å²) >= 11 is 0. The van der Waals surface area contributed by atoms with E-state index < -0.39 is 30.1 Å². The van der Waals surface area contributed by atoms with Crippen molar-refractivity contribution in [2.45, 2.75) is 119 Å². The summed E-state index contributed by atoms with van der Waals surface area (Å²) in [7, 11) is 0. The molecule has 0 aromatic heterocycles. The van der Waals surface area contributed by atoms with Crippen LogP contribution in [0.3, 0.4) is 0 Å². The molecule has 0 aromatic rings. The number of nitrogens with one attached hydrogen (secondary N) is 4. The van der Waals surface area contributed by atoms with Crippen LogP contribution in [0.1, 0.15) is 94.9 Å². The Kier molecular flexibility index (Phi) is 16.4. The summed E-state index contributed by atoms with van der Waals surface area (Å²) in [6.45, 7) is 19.6. The lowest BCUT2D eigenvalue weighted by atomic mass is 9.91. The largest absolute Gasteiger partial charge is 0.391 e. The molecular weight excluding hydrogens is 472 g/mol. The lowest BCUT2D eigenvalue weighted by molar-refractivity contribution is -0.132. The van der Waals surface area contributed by atoms with Crippen LogP contribution in [0.4, 0.5) is 0 Å². The first-order valence-electron chi connectivity index (χ1n) is 13.9. The Bertz CT molecular complexity index is 723. The van der Waals surface area contributed by atoms with Crippen molar-refractivity contribution in [2.75, 3.05) is 6.54 Å². The molecule has 0 bridgehead atoms. The van der Waals surface area contributed by atoms with E-state index in [0.29, 0.717) is 25.3 Å². The van der Waals surface area contributed by atoms with Gasteiger partial charge in [0.2, 0.25) is 23.6 Å². The van der Waals surface area contributed by atoms with E-state index >= 15 is 0 Å². The number of carbonyl (C=O) groups is 4. The predicted molar refractivity (Wildman–Crippen MR) is 147 cm³/mol. The van der Waals surface area contributed by atoms with Gasteiger partial charge in [-0.2, -0.15) is 0 Å².